The molecule has 2 aliphatic rings. The van der Waals surface area contributed by atoms with Crippen molar-refractivity contribution in [3.63, 3.8) is 0 Å². The summed E-state index contributed by atoms with van der Waals surface area (Å²) in [7, 11) is 0. The highest BCUT2D eigenvalue weighted by Crippen LogP contribution is 2.27. The summed E-state index contributed by atoms with van der Waals surface area (Å²) >= 11 is 0. The highest BCUT2D eigenvalue weighted by atomic mass is 15.2. The van der Waals surface area contributed by atoms with E-state index in [1.54, 1.807) is 0 Å². The van der Waals surface area contributed by atoms with E-state index >= 15 is 0 Å². The lowest BCUT2D eigenvalue weighted by Gasteiger charge is -2.44. The number of hydrogen-bond acceptors (Lipinski definition) is 2. The van der Waals surface area contributed by atoms with Gasteiger partial charge in [0, 0.05) is 18.6 Å². The molecule has 0 amide bonds. The molecule has 2 saturated heterocycles. The zero-order chi connectivity index (χ0) is 13.1. The molecule has 0 aromatic rings. The number of nitrogens with zero attached hydrogens (tertiary/aromatic N) is 2. The molecule has 0 saturated carbocycles. The highest BCUT2D eigenvalue weighted by Gasteiger charge is 2.30. The van der Waals surface area contributed by atoms with Crippen LogP contribution < -0.4 is 0 Å². The van der Waals surface area contributed by atoms with Gasteiger partial charge in [0.15, 0.2) is 0 Å². The first-order chi connectivity index (χ1) is 8.58. The number of piperidine rings is 2. The summed E-state index contributed by atoms with van der Waals surface area (Å²) in [6.45, 7) is 14.8. The Kier molecular flexibility index (Phi) is 5.08. The van der Waals surface area contributed by atoms with Gasteiger partial charge in [-0.1, -0.05) is 13.8 Å². The van der Waals surface area contributed by atoms with Gasteiger partial charge in [-0.15, -0.1) is 0 Å². The van der Waals surface area contributed by atoms with Crippen molar-refractivity contribution < 1.29 is 0 Å². The van der Waals surface area contributed by atoms with Crippen molar-refractivity contribution in [3.05, 3.63) is 0 Å². The summed E-state index contributed by atoms with van der Waals surface area (Å²) in [6, 6.07) is 1.57. The van der Waals surface area contributed by atoms with Gasteiger partial charge in [0.25, 0.3) is 0 Å². The normalized spacial score (nSPS) is 29.3. The van der Waals surface area contributed by atoms with E-state index in [1.165, 1.54) is 51.9 Å². The Hall–Kier alpha value is -0.0800. The fourth-order valence-corrected chi connectivity index (χ4v) is 3.70. The summed E-state index contributed by atoms with van der Waals surface area (Å²) in [5, 5.41) is 0. The molecule has 106 valence electrons. The van der Waals surface area contributed by atoms with Crippen LogP contribution in [0.1, 0.15) is 53.4 Å². The van der Waals surface area contributed by atoms with E-state index in [4.69, 9.17) is 0 Å². The maximum Gasteiger partial charge on any atom is 0.0223 e. The maximum absolute atomic E-state index is 2.79. The van der Waals surface area contributed by atoms with Crippen LogP contribution in [0.5, 0.6) is 0 Å². The van der Waals surface area contributed by atoms with Gasteiger partial charge in [-0.3, -0.25) is 9.80 Å². The van der Waals surface area contributed by atoms with E-state index in [1.807, 2.05) is 0 Å². The van der Waals surface area contributed by atoms with Crippen molar-refractivity contribution in [2.75, 3.05) is 26.2 Å². The molecule has 2 heterocycles. The molecule has 0 aliphatic carbocycles. The standard InChI is InChI=1S/C16H32N2/c1-13(2)15-7-10-17(11-8-15)16-6-5-9-18(12-16)14(3)4/h13-16H,5-12H2,1-4H3. The van der Waals surface area contributed by atoms with E-state index in [9.17, 15) is 0 Å². The molecule has 2 aliphatic heterocycles. The third-order valence-corrected chi connectivity index (χ3v) is 5.19. The molecular formula is C16H32N2. The number of hydrogen-bond donors (Lipinski definition) is 0. The second-order valence-corrected chi connectivity index (χ2v) is 7.00. The average Bonchev–Trinajstić information content (AvgIpc) is 2.39. The van der Waals surface area contributed by atoms with Crippen LogP contribution in [0, 0.1) is 11.8 Å². The summed E-state index contributed by atoms with van der Waals surface area (Å²) in [6.07, 6.45) is 5.67. The van der Waals surface area contributed by atoms with Crippen LogP contribution in [0.15, 0.2) is 0 Å². The minimum atomic E-state index is 0.723. The summed E-state index contributed by atoms with van der Waals surface area (Å²) < 4.78 is 0. The predicted octanol–water partition coefficient (Wildman–Crippen LogP) is 3.23. The van der Waals surface area contributed by atoms with Crippen molar-refractivity contribution in [1.82, 2.24) is 9.80 Å². The quantitative estimate of drug-likeness (QED) is 0.761. The van der Waals surface area contributed by atoms with E-state index in [0.717, 1.165) is 23.9 Å². The van der Waals surface area contributed by atoms with E-state index in [-0.39, 0.29) is 0 Å². The van der Waals surface area contributed by atoms with Crippen LogP contribution in [-0.4, -0.2) is 48.1 Å². The van der Waals surface area contributed by atoms with Crippen LogP contribution >= 0.6 is 0 Å². The van der Waals surface area contributed by atoms with Gasteiger partial charge in [-0.05, 0) is 71.0 Å². The predicted molar refractivity (Wildman–Crippen MR) is 78.9 cm³/mol. The van der Waals surface area contributed by atoms with Gasteiger partial charge < -0.3 is 0 Å². The lowest BCUT2D eigenvalue weighted by molar-refractivity contribution is 0.0504. The van der Waals surface area contributed by atoms with Crippen molar-refractivity contribution in [2.24, 2.45) is 11.8 Å². The largest absolute Gasteiger partial charge is 0.299 e. The van der Waals surface area contributed by atoms with Crippen molar-refractivity contribution >= 4 is 0 Å². The van der Waals surface area contributed by atoms with Gasteiger partial charge in [0.1, 0.15) is 0 Å². The fourth-order valence-electron chi connectivity index (χ4n) is 3.70. The molecule has 0 aromatic carbocycles. The number of rotatable bonds is 3. The van der Waals surface area contributed by atoms with E-state index < -0.39 is 0 Å². The van der Waals surface area contributed by atoms with Crippen molar-refractivity contribution in [1.29, 1.82) is 0 Å². The molecular weight excluding hydrogens is 220 g/mol. The molecule has 0 spiro atoms. The summed E-state index contributed by atoms with van der Waals surface area (Å²) in [5.74, 6) is 1.86. The van der Waals surface area contributed by atoms with Gasteiger partial charge in [-0.25, -0.2) is 0 Å². The molecule has 0 N–H and O–H groups in total. The van der Waals surface area contributed by atoms with E-state index in [0.29, 0.717) is 0 Å². The minimum absolute atomic E-state index is 0.723. The first kappa shape index (κ1) is 14.3. The molecule has 2 heteroatoms. The average molecular weight is 252 g/mol. The molecule has 0 bridgehead atoms. The Balaban J connectivity index is 1.82. The smallest absolute Gasteiger partial charge is 0.0223 e. The molecule has 1 atom stereocenters. The SMILES string of the molecule is CC(C)C1CCN(C2CCCN(C(C)C)C2)CC1. The summed E-state index contributed by atoms with van der Waals surface area (Å²) in [4.78, 5) is 5.45. The fraction of sp³-hybridized carbons (Fsp3) is 1.00. The highest BCUT2D eigenvalue weighted by molar-refractivity contribution is 4.85. The summed E-state index contributed by atoms with van der Waals surface area (Å²) in [5.41, 5.74) is 0. The van der Waals surface area contributed by atoms with Crippen molar-refractivity contribution in [2.45, 2.75) is 65.5 Å². The van der Waals surface area contributed by atoms with Gasteiger partial charge >= 0.3 is 0 Å². The minimum Gasteiger partial charge on any atom is -0.299 e. The Morgan fingerprint density at radius 1 is 0.889 bits per heavy atom. The number of likely N-dealkylation sites (tertiary alicyclic amines) is 2. The van der Waals surface area contributed by atoms with E-state index in [2.05, 4.69) is 37.5 Å². The monoisotopic (exact) mass is 252 g/mol. The maximum atomic E-state index is 2.79. The van der Waals surface area contributed by atoms with Gasteiger partial charge in [0.05, 0.1) is 0 Å². The van der Waals surface area contributed by atoms with Crippen LogP contribution in [-0.2, 0) is 0 Å². The third-order valence-electron chi connectivity index (χ3n) is 5.19. The zero-order valence-electron chi connectivity index (χ0n) is 12.9. The molecule has 1 unspecified atom stereocenters. The van der Waals surface area contributed by atoms with Crippen LogP contribution in [0.2, 0.25) is 0 Å². The Morgan fingerprint density at radius 3 is 2.11 bits per heavy atom. The Labute approximate surface area is 114 Å². The first-order valence-electron chi connectivity index (χ1n) is 8.06. The molecule has 2 nitrogen and oxygen atoms in total. The Morgan fingerprint density at radius 2 is 1.56 bits per heavy atom. The third kappa shape index (κ3) is 3.48. The van der Waals surface area contributed by atoms with Crippen LogP contribution in [0.25, 0.3) is 0 Å². The molecule has 18 heavy (non-hydrogen) atoms. The molecule has 2 fully saturated rings. The zero-order valence-corrected chi connectivity index (χ0v) is 12.9. The lowest BCUT2D eigenvalue weighted by atomic mass is 9.85. The van der Waals surface area contributed by atoms with Crippen LogP contribution in [0.4, 0.5) is 0 Å². The van der Waals surface area contributed by atoms with Gasteiger partial charge in [-0.2, -0.15) is 0 Å². The molecule has 2 rings (SSSR count). The topological polar surface area (TPSA) is 6.48 Å². The Bertz CT molecular complexity index is 241. The second kappa shape index (κ2) is 6.38. The van der Waals surface area contributed by atoms with Gasteiger partial charge in [0.2, 0.25) is 0 Å². The first-order valence-corrected chi connectivity index (χ1v) is 8.06. The molecule has 0 aromatic heterocycles. The van der Waals surface area contributed by atoms with Crippen molar-refractivity contribution in [3.8, 4) is 0 Å². The lowest BCUT2D eigenvalue weighted by Crippen LogP contribution is -2.52. The van der Waals surface area contributed by atoms with Crippen LogP contribution in [0.3, 0.4) is 0 Å². The second-order valence-electron chi connectivity index (χ2n) is 7.00. The molecule has 0 radical (unpaired) electrons.